The summed E-state index contributed by atoms with van der Waals surface area (Å²) in [5, 5.41) is 8.36. The number of hydrogen-bond acceptors (Lipinski definition) is 6. The van der Waals surface area contributed by atoms with Crippen LogP contribution in [0.5, 0.6) is 0 Å². The van der Waals surface area contributed by atoms with Crippen LogP contribution in [0.2, 0.25) is 0 Å². The van der Waals surface area contributed by atoms with E-state index < -0.39 is 33.7 Å². The Balaban J connectivity index is 0. The summed E-state index contributed by atoms with van der Waals surface area (Å²) in [6, 6.07) is 0. The van der Waals surface area contributed by atoms with Crippen molar-refractivity contribution in [1.29, 1.82) is 0 Å². The van der Waals surface area contributed by atoms with Crippen LogP contribution in [0, 0.1) is 0 Å². The smallest absolute Gasteiger partial charge is 0.550 e. The van der Waals surface area contributed by atoms with Crippen molar-refractivity contribution < 1.29 is 62.0 Å². The summed E-state index contributed by atoms with van der Waals surface area (Å²) in [6.07, 6.45) is 15.5. The van der Waals surface area contributed by atoms with Crippen molar-refractivity contribution in [2.45, 2.75) is 108 Å². The zero-order valence-electron chi connectivity index (χ0n) is 18.2. The van der Waals surface area contributed by atoms with Gasteiger partial charge in [-0.3, -0.25) is 9.35 Å². The van der Waals surface area contributed by atoms with E-state index in [1.165, 1.54) is 64.2 Å². The van der Waals surface area contributed by atoms with E-state index >= 15 is 0 Å². The van der Waals surface area contributed by atoms with Gasteiger partial charge in [0.2, 0.25) is 0 Å². The fraction of sp³-hybridized carbons (Fsp3) is 0.900. The molecule has 0 saturated carbocycles. The van der Waals surface area contributed by atoms with Gasteiger partial charge >= 0.3 is 35.5 Å². The molecule has 0 amide bonds. The number of esters is 1. The molecule has 0 saturated heterocycles. The molecule has 1 atom stereocenters. The Morgan fingerprint density at radius 2 is 1.21 bits per heavy atom. The predicted octanol–water partition coefficient (Wildman–Crippen LogP) is 0.411. The van der Waals surface area contributed by atoms with Crippen LogP contribution in [-0.4, -0.2) is 36.8 Å². The van der Waals surface area contributed by atoms with E-state index in [0.717, 1.165) is 19.3 Å². The Kier molecular flexibility index (Phi) is 21.2. The van der Waals surface area contributed by atoms with Crippen molar-refractivity contribution in [2.24, 2.45) is 0 Å². The molecule has 1 N–H and O–H groups in total. The van der Waals surface area contributed by atoms with Crippen LogP contribution >= 0.6 is 0 Å². The van der Waals surface area contributed by atoms with Crippen molar-refractivity contribution >= 4 is 22.1 Å². The van der Waals surface area contributed by atoms with Crippen molar-refractivity contribution in [2.75, 3.05) is 6.61 Å². The molecule has 0 aliphatic heterocycles. The molecule has 0 aromatic heterocycles. The van der Waals surface area contributed by atoms with E-state index in [4.69, 9.17) is 9.29 Å². The van der Waals surface area contributed by atoms with Crippen LogP contribution < -0.4 is 34.7 Å². The number of carbonyl (C=O) groups excluding carboxylic acids is 2. The molecular weight excluding hydrogens is 407 g/mol. The fourth-order valence-electron chi connectivity index (χ4n) is 3.02. The molecule has 7 nitrogen and oxygen atoms in total. The Hall–Kier alpha value is -0.150. The molecule has 1 unspecified atom stereocenters. The van der Waals surface area contributed by atoms with Crippen LogP contribution in [0.25, 0.3) is 0 Å². The molecule has 0 aromatic carbocycles. The minimum absolute atomic E-state index is 0. The molecule has 0 radical (unpaired) electrons. The first-order valence-electron chi connectivity index (χ1n) is 10.6. The Bertz CT molecular complexity index is 523. The first-order chi connectivity index (χ1) is 13.3. The number of carbonyl (C=O) groups is 2. The molecule has 29 heavy (non-hydrogen) atoms. The van der Waals surface area contributed by atoms with Crippen LogP contribution in [0.15, 0.2) is 0 Å². The summed E-state index contributed by atoms with van der Waals surface area (Å²) >= 11 is 0. The maximum atomic E-state index is 11.6. The number of carboxylic acid groups (broad SMARTS) is 1. The molecule has 0 rings (SSSR count). The van der Waals surface area contributed by atoms with Crippen molar-refractivity contribution in [3.8, 4) is 0 Å². The molecule has 0 aromatic rings. The van der Waals surface area contributed by atoms with Crippen LogP contribution in [0.3, 0.4) is 0 Å². The second-order valence-corrected chi connectivity index (χ2v) is 8.94. The van der Waals surface area contributed by atoms with Gasteiger partial charge in [0.05, 0.1) is 6.61 Å². The van der Waals surface area contributed by atoms with Gasteiger partial charge in [-0.05, 0) is 6.42 Å². The van der Waals surface area contributed by atoms with Crippen LogP contribution in [0.1, 0.15) is 103 Å². The summed E-state index contributed by atoms with van der Waals surface area (Å²) in [4.78, 5) is 22.1. The number of ether oxygens (including phenoxy) is 1. The molecule has 9 heteroatoms. The van der Waals surface area contributed by atoms with Gasteiger partial charge < -0.3 is 14.6 Å². The predicted molar refractivity (Wildman–Crippen MR) is 106 cm³/mol. The number of rotatable bonds is 19. The van der Waals surface area contributed by atoms with Gasteiger partial charge in [0, 0.05) is 12.4 Å². The van der Waals surface area contributed by atoms with E-state index in [1.807, 2.05) is 0 Å². The Morgan fingerprint density at radius 3 is 1.55 bits per heavy atom. The average molecular weight is 445 g/mol. The summed E-state index contributed by atoms with van der Waals surface area (Å²) in [6.45, 7) is 2.24. The van der Waals surface area contributed by atoms with Gasteiger partial charge in [0.15, 0.2) is 5.25 Å². The summed E-state index contributed by atoms with van der Waals surface area (Å²) in [5.41, 5.74) is 0. The molecule has 0 bridgehead atoms. The van der Waals surface area contributed by atoms with Gasteiger partial charge in [-0.15, -0.1) is 0 Å². The third-order valence-corrected chi connectivity index (χ3v) is 5.79. The van der Waals surface area contributed by atoms with E-state index in [-0.39, 0.29) is 36.2 Å². The largest absolute Gasteiger partial charge is 1.00 e. The number of unbranched alkanes of at least 4 members (excludes halogenated alkanes) is 13. The topological polar surface area (TPSA) is 121 Å². The minimum Gasteiger partial charge on any atom is -0.550 e. The van der Waals surface area contributed by atoms with Gasteiger partial charge in [-0.25, -0.2) is 0 Å². The third kappa shape index (κ3) is 19.6. The van der Waals surface area contributed by atoms with Crippen molar-refractivity contribution in [3.05, 3.63) is 0 Å². The van der Waals surface area contributed by atoms with E-state index in [0.29, 0.717) is 6.42 Å². The molecule has 0 fully saturated rings. The molecular formula is C20H37NaO7S. The number of carboxylic acids is 1. The average Bonchev–Trinajstić information content (AvgIpc) is 2.61. The SMILES string of the molecule is CCCCCCCCCCCCCCCCOC(=O)C(CC(=O)[O-])S(=O)(=O)O.[Na+]. The first kappa shape index (κ1) is 31.0. The van der Waals surface area contributed by atoms with E-state index in [9.17, 15) is 23.1 Å². The van der Waals surface area contributed by atoms with Gasteiger partial charge in [0.25, 0.3) is 10.1 Å². The van der Waals surface area contributed by atoms with Gasteiger partial charge in [-0.2, -0.15) is 8.42 Å². The van der Waals surface area contributed by atoms with E-state index in [2.05, 4.69) is 6.92 Å². The summed E-state index contributed by atoms with van der Waals surface area (Å²) < 4.78 is 35.7. The molecule has 0 aliphatic carbocycles. The maximum Gasteiger partial charge on any atom is 1.00 e. The molecule has 0 aliphatic rings. The Morgan fingerprint density at radius 1 is 0.828 bits per heavy atom. The Labute approximate surface area is 198 Å². The number of aliphatic carboxylic acids is 1. The maximum absolute atomic E-state index is 11.6. The molecule has 0 heterocycles. The quantitative estimate of drug-likeness (QED) is 0.133. The van der Waals surface area contributed by atoms with Crippen molar-refractivity contribution in [3.63, 3.8) is 0 Å². The summed E-state index contributed by atoms with van der Waals surface area (Å²) in [7, 11) is -4.83. The monoisotopic (exact) mass is 444 g/mol. The van der Waals surface area contributed by atoms with E-state index in [1.54, 1.807) is 0 Å². The van der Waals surface area contributed by atoms with Gasteiger partial charge in [0.1, 0.15) is 0 Å². The molecule has 166 valence electrons. The minimum atomic E-state index is -4.83. The summed E-state index contributed by atoms with van der Waals surface area (Å²) in [5.74, 6) is -2.99. The number of hydrogen-bond donors (Lipinski definition) is 1. The first-order valence-corrected chi connectivity index (χ1v) is 12.1. The normalized spacial score (nSPS) is 12.2. The fourth-order valence-corrected chi connectivity index (χ4v) is 3.68. The zero-order chi connectivity index (χ0) is 21.3. The van der Waals surface area contributed by atoms with Gasteiger partial charge in [-0.1, -0.05) is 90.4 Å². The second-order valence-electron chi connectivity index (χ2n) is 7.34. The standard InChI is InChI=1S/C20H38O7S.Na/c1-2-3-4-5-6-7-8-9-10-11-12-13-14-15-16-27-20(23)18(17-19(21)22)28(24,25)26;/h18H,2-17H2,1H3,(H,21,22)(H,24,25,26);/q;+1/p-1. The zero-order valence-corrected chi connectivity index (χ0v) is 21.0. The second kappa shape index (κ2) is 19.8. The van der Waals surface area contributed by atoms with Crippen LogP contribution in [0.4, 0.5) is 0 Å². The third-order valence-electron chi connectivity index (χ3n) is 4.72. The van der Waals surface area contributed by atoms with Crippen molar-refractivity contribution in [1.82, 2.24) is 0 Å². The molecule has 0 spiro atoms. The van der Waals surface area contributed by atoms with Crippen LogP contribution in [-0.2, 0) is 24.4 Å².